The fourth-order valence-electron chi connectivity index (χ4n) is 3.73. The molecule has 2 rings (SSSR count). The summed E-state index contributed by atoms with van der Waals surface area (Å²) in [4.78, 5) is 0. The quantitative estimate of drug-likeness (QED) is 0.874. The van der Waals surface area contributed by atoms with E-state index in [1.165, 1.54) is 12.0 Å². The molecule has 2 unspecified atom stereocenters. The van der Waals surface area contributed by atoms with E-state index in [1.807, 2.05) is 6.07 Å². The molecule has 106 valence electrons. The molecule has 2 heteroatoms. The van der Waals surface area contributed by atoms with Crippen LogP contribution in [0.15, 0.2) is 12.1 Å². The Hall–Kier alpha value is -1.02. The maximum absolute atomic E-state index is 11.1. The van der Waals surface area contributed by atoms with Crippen molar-refractivity contribution in [2.24, 2.45) is 11.8 Å². The van der Waals surface area contributed by atoms with Crippen LogP contribution in [0.25, 0.3) is 0 Å². The van der Waals surface area contributed by atoms with E-state index < -0.39 is 5.60 Å². The predicted molar refractivity (Wildman–Crippen MR) is 78.5 cm³/mol. The van der Waals surface area contributed by atoms with Crippen molar-refractivity contribution in [1.29, 1.82) is 0 Å². The van der Waals surface area contributed by atoms with Gasteiger partial charge in [0, 0.05) is 5.56 Å². The van der Waals surface area contributed by atoms with Gasteiger partial charge in [-0.25, -0.2) is 0 Å². The molecule has 0 radical (unpaired) electrons. The number of benzene rings is 1. The van der Waals surface area contributed by atoms with Gasteiger partial charge >= 0.3 is 0 Å². The molecule has 1 aliphatic rings. The van der Waals surface area contributed by atoms with Crippen molar-refractivity contribution < 1.29 is 9.84 Å². The van der Waals surface area contributed by atoms with Crippen molar-refractivity contribution in [2.45, 2.75) is 52.6 Å². The number of ether oxygens (including phenoxy) is 1. The number of methoxy groups -OCH3 is 1. The molecule has 1 aliphatic carbocycles. The van der Waals surface area contributed by atoms with Gasteiger partial charge in [0.25, 0.3) is 0 Å². The third-order valence-corrected chi connectivity index (χ3v) is 4.56. The van der Waals surface area contributed by atoms with Crippen molar-refractivity contribution in [2.75, 3.05) is 7.11 Å². The zero-order valence-electron chi connectivity index (χ0n) is 12.8. The summed E-state index contributed by atoms with van der Waals surface area (Å²) in [5.41, 5.74) is 2.58. The molecule has 0 aromatic heterocycles. The maximum atomic E-state index is 11.1. The Labute approximate surface area is 116 Å². The van der Waals surface area contributed by atoms with Gasteiger partial charge in [0.05, 0.1) is 12.7 Å². The molecule has 0 spiro atoms. The number of aryl methyl sites for hydroxylation is 1. The Morgan fingerprint density at radius 1 is 1.16 bits per heavy atom. The molecule has 1 aromatic carbocycles. The van der Waals surface area contributed by atoms with E-state index >= 15 is 0 Å². The van der Waals surface area contributed by atoms with Gasteiger partial charge in [-0.3, -0.25) is 0 Å². The van der Waals surface area contributed by atoms with Crippen molar-refractivity contribution in [3.05, 3.63) is 28.8 Å². The molecule has 0 aliphatic heterocycles. The largest absolute Gasteiger partial charge is 0.496 e. The summed E-state index contributed by atoms with van der Waals surface area (Å²) in [5.74, 6) is 1.98. The summed E-state index contributed by atoms with van der Waals surface area (Å²) >= 11 is 0. The fraction of sp³-hybridized carbons (Fsp3) is 0.647. The van der Waals surface area contributed by atoms with Gasteiger partial charge in [0.15, 0.2) is 0 Å². The number of hydrogen-bond acceptors (Lipinski definition) is 2. The Kier molecular flexibility index (Phi) is 3.91. The molecule has 0 amide bonds. The second kappa shape index (κ2) is 5.16. The summed E-state index contributed by atoms with van der Waals surface area (Å²) in [6.45, 7) is 8.61. The van der Waals surface area contributed by atoms with Gasteiger partial charge in [-0.05, 0) is 56.1 Å². The molecule has 0 bridgehead atoms. The lowest BCUT2D eigenvalue weighted by Gasteiger charge is -2.40. The standard InChI is InChI=1S/C17H26O2/c1-11-8-12(2)10-17(18,9-11)15-7-6-13(3)14(4)16(15)19-5/h6-7,11-12,18H,8-10H2,1-5H3. The average molecular weight is 262 g/mol. The van der Waals surface area contributed by atoms with Crippen LogP contribution in [-0.2, 0) is 5.60 Å². The van der Waals surface area contributed by atoms with Crippen LogP contribution in [0.4, 0.5) is 0 Å². The van der Waals surface area contributed by atoms with Crippen LogP contribution in [0.2, 0.25) is 0 Å². The lowest BCUT2D eigenvalue weighted by atomic mass is 9.70. The van der Waals surface area contributed by atoms with E-state index in [9.17, 15) is 5.11 Å². The van der Waals surface area contributed by atoms with Crippen molar-refractivity contribution >= 4 is 0 Å². The number of hydrogen-bond donors (Lipinski definition) is 1. The van der Waals surface area contributed by atoms with E-state index in [2.05, 4.69) is 33.8 Å². The Morgan fingerprint density at radius 2 is 1.74 bits per heavy atom. The normalized spacial score (nSPS) is 31.3. The van der Waals surface area contributed by atoms with Gasteiger partial charge < -0.3 is 9.84 Å². The van der Waals surface area contributed by atoms with Crippen LogP contribution in [-0.4, -0.2) is 12.2 Å². The smallest absolute Gasteiger partial charge is 0.128 e. The summed E-state index contributed by atoms with van der Waals surface area (Å²) in [5, 5.41) is 11.1. The maximum Gasteiger partial charge on any atom is 0.128 e. The van der Waals surface area contributed by atoms with Gasteiger partial charge in [-0.2, -0.15) is 0 Å². The molecule has 1 fully saturated rings. The van der Waals surface area contributed by atoms with Gasteiger partial charge in [-0.15, -0.1) is 0 Å². The molecule has 1 N–H and O–H groups in total. The van der Waals surface area contributed by atoms with E-state index in [-0.39, 0.29) is 0 Å². The summed E-state index contributed by atoms with van der Waals surface area (Å²) < 4.78 is 5.59. The van der Waals surface area contributed by atoms with Crippen molar-refractivity contribution in [3.8, 4) is 5.75 Å². The number of aliphatic hydroxyl groups is 1. The van der Waals surface area contributed by atoms with Crippen LogP contribution >= 0.6 is 0 Å². The SMILES string of the molecule is COc1c(C2(O)CC(C)CC(C)C2)ccc(C)c1C. The van der Waals surface area contributed by atoms with Gasteiger partial charge in [-0.1, -0.05) is 26.0 Å². The summed E-state index contributed by atoms with van der Waals surface area (Å²) in [6.07, 6.45) is 2.86. The first-order valence-corrected chi connectivity index (χ1v) is 7.24. The highest BCUT2D eigenvalue weighted by molar-refractivity contribution is 5.48. The van der Waals surface area contributed by atoms with Gasteiger partial charge in [0.1, 0.15) is 5.75 Å². The first kappa shape index (κ1) is 14.4. The molecule has 1 saturated carbocycles. The summed E-state index contributed by atoms with van der Waals surface area (Å²) in [6, 6.07) is 4.14. The molecule has 1 aromatic rings. The highest BCUT2D eigenvalue weighted by Gasteiger charge is 2.39. The highest BCUT2D eigenvalue weighted by Crippen LogP contribution is 2.46. The second-order valence-corrected chi connectivity index (χ2v) is 6.47. The van der Waals surface area contributed by atoms with Crippen LogP contribution in [0.5, 0.6) is 5.75 Å². The van der Waals surface area contributed by atoms with Crippen molar-refractivity contribution in [3.63, 3.8) is 0 Å². The van der Waals surface area contributed by atoms with E-state index in [0.29, 0.717) is 11.8 Å². The average Bonchev–Trinajstić information content (AvgIpc) is 2.30. The highest BCUT2D eigenvalue weighted by atomic mass is 16.5. The van der Waals surface area contributed by atoms with Crippen LogP contribution < -0.4 is 4.74 Å². The molecule has 2 nitrogen and oxygen atoms in total. The molecule has 0 heterocycles. The Morgan fingerprint density at radius 3 is 2.26 bits per heavy atom. The van der Waals surface area contributed by atoms with Crippen LogP contribution in [0.1, 0.15) is 49.8 Å². The molecule has 2 atom stereocenters. The Balaban J connectivity index is 2.48. The molecule has 0 saturated heterocycles. The third kappa shape index (κ3) is 2.64. The minimum absolute atomic E-state index is 0.556. The van der Waals surface area contributed by atoms with E-state index in [4.69, 9.17) is 4.74 Å². The predicted octanol–water partition coefficient (Wildman–Crippen LogP) is 3.96. The zero-order chi connectivity index (χ0) is 14.2. The minimum Gasteiger partial charge on any atom is -0.496 e. The lowest BCUT2D eigenvalue weighted by Crippen LogP contribution is -2.35. The van der Waals surface area contributed by atoms with Gasteiger partial charge in [0.2, 0.25) is 0 Å². The monoisotopic (exact) mass is 262 g/mol. The first-order chi connectivity index (χ1) is 8.87. The van der Waals surface area contributed by atoms with E-state index in [1.54, 1.807) is 7.11 Å². The molecular weight excluding hydrogens is 236 g/mol. The topological polar surface area (TPSA) is 29.5 Å². The first-order valence-electron chi connectivity index (χ1n) is 7.24. The fourth-order valence-corrected chi connectivity index (χ4v) is 3.73. The van der Waals surface area contributed by atoms with Crippen molar-refractivity contribution in [1.82, 2.24) is 0 Å². The third-order valence-electron chi connectivity index (χ3n) is 4.56. The lowest BCUT2D eigenvalue weighted by molar-refractivity contribution is -0.0378. The summed E-state index contributed by atoms with van der Waals surface area (Å²) in [7, 11) is 1.70. The van der Waals surface area contributed by atoms with Crippen LogP contribution in [0.3, 0.4) is 0 Å². The molecule has 19 heavy (non-hydrogen) atoms. The molecular formula is C17H26O2. The Bertz CT molecular complexity index is 455. The minimum atomic E-state index is -0.735. The zero-order valence-corrected chi connectivity index (χ0v) is 12.8. The van der Waals surface area contributed by atoms with E-state index in [0.717, 1.165) is 29.7 Å². The van der Waals surface area contributed by atoms with Crippen LogP contribution in [0, 0.1) is 25.7 Å². The number of rotatable bonds is 2. The second-order valence-electron chi connectivity index (χ2n) is 6.47.